The molecule has 0 aliphatic carbocycles. The summed E-state index contributed by atoms with van der Waals surface area (Å²) in [6.07, 6.45) is 5.57. The monoisotopic (exact) mass is 211 g/mol. The first kappa shape index (κ1) is 12.0. The average Bonchev–Trinajstić information content (AvgIpc) is 2.61. The molecule has 1 unspecified atom stereocenters. The third-order valence-electron chi connectivity index (χ3n) is 2.61. The molecule has 0 spiro atoms. The highest BCUT2D eigenvalue weighted by Gasteiger charge is 2.08. The fourth-order valence-corrected chi connectivity index (χ4v) is 1.84. The van der Waals surface area contributed by atoms with Gasteiger partial charge in [0.2, 0.25) is 5.95 Å². The first-order valence-electron chi connectivity index (χ1n) is 5.63. The molecule has 5 heteroatoms. The second-order valence-corrected chi connectivity index (χ2v) is 3.91. The number of aromatic amines is 1. The average molecular weight is 211 g/mol. The third kappa shape index (κ3) is 4.29. The van der Waals surface area contributed by atoms with Crippen LogP contribution >= 0.6 is 0 Å². The summed E-state index contributed by atoms with van der Waals surface area (Å²) in [6.45, 7) is 2.97. The zero-order valence-corrected chi connectivity index (χ0v) is 9.37. The summed E-state index contributed by atoms with van der Waals surface area (Å²) in [5.74, 6) is 1.91. The standard InChI is InChI=1S/C10H21N5/c1-2-3-8(6-7-11)4-5-9-13-10(12)15-14-9/h8H,2-7,11H2,1H3,(H3,12,13,14,15). The number of aromatic nitrogens is 3. The number of anilines is 1. The number of nitrogen functional groups attached to an aromatic ring is 1. The van der Waals surface area contributed by atoms with E-state index in [9.17, 15) is 0 Å². The molecule has 5 nitrogen and oxygen atoms in total. The summed E-state index contributed by atoms with van der Waals surface area (Å²) in [4.78, 5) is 4.08. The summed E-state index contributed by atoms with van der Waals surface area (Å²) in [6, 6.07) is 0. The van der Waals surface area contributed by atoms with Crippen LogP contribution in [0.15, 0.2) is 0 Å². The smallest absolute Gasteiger partial charge is 0.239 e. The van der Waals surface area contributed by atoms with Crippen molar-refractivity contribution in [2.45, 2.75) is 39.0 Å². The Hall–Kier alpha value is -1.10. The van der Waals surface area contributed by atoms with Crippen LogP contribution in [0.5, 0.6) is 0 Å². The predicted octanol–water partition coefficient (Wildman–Crippen LogP) is 1.08. The minimum atomic E-state index is 0.330. The van der Waals surface area contributed by atoms with E-state index in [4.69, 9.17) is 11.5 Å². The quantitative estimate of drug-likeness (QED) is 0.629. The number of nitrogens with one attached hydrogen (secondary N) is 1. The molecule has 0 aliphatic rings. The first-order chi connectivity index (χ1) is 7.26. The topological polar surface area (TPSA) is 93.6 Å². The molecule has 1 heterocycles. The number of nitrogens with two attached hydrogens (primary N) is 2. The number of H-pyrrole nitrogens is 1. The van der Waals surface area contributed by atoms with E-state index in [0.29, 0.717) is 11.9 Å². The molecule has 1 aromatic heterocycles. The van der Waals surface area contributed by atoms with Crippen molar-refractivity contribution in [2.75, 3.05) is 12.3 Å². The fraction of sp³-hybridized carbons (Fsp3) is 0.800. The van der Waals surface area contributed by atoms with Crippen LogP contribution in [0.3, 0.4) is 0 Å². The number of hydrogen-bond acceptors (Lipinski definition) is 4. The van der Waals surface area contributed by atoms with Gasteiger partial charge in [-0.25, -0.2) is 0 Å². The maximum absolute atomic E-state index is 5.58. The molecule has 1 rings (SSSR count). The maximum Gasteiger partial charge on any atom is 0.239 e. The minimum Gasteiger partial charge on any atom is -0.367 e. The first-order valence-corrected chi connectivity index (χ1v) is 5.63. The van der Waals surface area contributed by atoms with Gasteiger partial charge >= 0.3 is 0 Å². The van der Waals surface area contributed by atoms with E-state index in [1.807, 2.05) is 0 Å². The molecule has 0 amide bonds. The summed E-state index contributed by atoms with van der Waals surface area (Å²) < 4.78 is 0. The lowest BCUT2D eigenvalue weighted by Crippen LogP contribution is -2.10. The predicted molar refractivity (Wildman–Crippen MR) is 61.2 cm³/mol. The Kier molecular flexibility index (Phi) is 5.10. The Bertz CT molecular complexity index is 265. The van der Waals surface area contributed by atoms with Crippen LogP contribution in [-0.2, 0) is 6.42 Å². The summed E-state index contributed by atoms with van der Waals surface area (Å²) >= 11 is 0. The Morgan fingerprint density at radius 3 is 2.67 bits per heavy atom. The number of aryl methyl sites for hydroxylation is 1. The molecule has 86 valence electrons. The van der Waals surface area contributed by atoms with Crippen molar-refractivity contribution in [3.8, 4) is 0 Å². The molecular formula is C10H21N5. The zero-order chi connectivity index (χ0) is 11.1. The molecule has 0 bridgehead atoms. The summed E-state index contributed by atoms with van der Waals surface area (Å²) in [5.41, 5.74) is 11.0. The van der Waals surface area contributed by atoms with Crippen LogP contribution in [-0.4, -0.2) is 21.7 Å². The van der Waals surface area contributed by atoms with E-state index in [0.717, 1.165) is 31.6 Å². The van der Waals surface area contributed by atoms with Crippen LogP contribution in [0.1, 0.15) is 38.4 Å². The van der Waals surface area contributed by atoms with E-state index < -0.39 is 0 Å². The van der Waals surface area contributed by atoms with Crippen LogP contribution in [0.4, 0.5) is 5.95 Å². The van der Waals surface area contributed by atoms with Crippen LogP contribution in [0.2, 0.25) is 0 Å². The largest absolute Gasteiger partial charge is 0.367 e. The second-order valence-electron chi connectivity index (χ2n) is 3.91. The van der Waals surface area contributed by atoms with Gasteiger partial charge in [-0.3, -0.25) is 5.10 Å². The molecule has 0 aliphatic heterocycles. The molecule has 0 saturated carbocycles. The lowest BCUT2D eigenvalue weighted by molar-refractivity contribution is 0.418. The van der Waals surface area contributed by atoms with Gasteiger partial charge in [0.1, 0.15) is 5.82 Å². The Labute approximate surface area is 90.6 Å². The number of nitrogens with zero attached hydrogens (tertiary/aromatic N) is 2. The molecule has 0 saturated heterocycles. The van der Waals surface area contributed by atoms with E-state index >= 15 is 0 Å². The van der Waals surface area contributed by atoms with E-state index in [1.165, 1.54) is 12.8 Å². The minimum absolute atomic E-state index is 0.330. The van der Waals surface area contributed by atoms with Crippen molar-refractivity contribution in [2.24, 2.45) is 11.7 Å². The van der Waals surface area contributed by atoms with Crippen molar-refractivity contribution in [3.63, 3.8) is 0 Å². The second kappa shape index (κ2) is 6.40. The Morgan fingerprint density at radius 2 is 2.13 bits per heavy atom. The van der Waals surface area contributed by atoms with E-state index in [1.54, 1.807) is 0 Å². The van der Waals surface area contributed by atoms with Crippen molar-refractivity contribution in [1.29, 1.82) is 0 Å². The highest BCUT2D eigenvalue weighted by molar-refractivity contribution is 5.12. The van der Waals surface area contributed by atoms with Crippen molar-refractivity contribution < 1.29 is 0 Å². The van der Waals surface area contributed by atoms with Gasteiger partial charge < -0.3 is 11.5 Å². The lowest BCUT2D eigenvalue weighted by Gasteiger charge is -2.13. The van der Waals surface area contributed by atoms with E-state index in [2.05, 4.69) is 22.1 Å². The van der Waals surface area contributed by atoms with Crippen LogP contribution in [0.25, 0.3) is 0 Å². The molecule has 0 aromatic carbocycles. The molecule has 0 radical (unpaired) electrons. The Morgan fingerprint density at radius 1 is 1.33 bits per heavy atom. The van der Waals surface area contributed by atoms with Crippen molar-refractivity contribution >= 4 is 5.95 Å². The van der Waals surface area contributed by atoms with Crippen LogP contribution < -0.4 is 11.5 Å². The summed E-state index contributed by atoms with van der Waals surface area (Å²) in [7, 11) is 0. The molecule has 0 fully saturated rings. The molecule has 5 N–H and O–H groups in total. The van der Waals surface area contributed by atoms with Gasteiger partial charge in [-0.05, 0) is 25.3 Å². The van der Waals surface area contributed by atoms with Crippen molar-refractivity contribution in [1.82, 2.24) is 15.2 Å². The zero-order valence-electron chi connectivity index (χ0n) is 9.37. The van der Waals surface area contributed by atoms with Gasteiger partial charge in [0, 0.05) is 6.42 Å². The molecule has 15 heavy (non-hydrogen) atoms. The van der Waals surface area contributed by atoms with Gasteiger partial charge in [0.05, 0.1) is 0 Å². The maximum atomic E-state index is 5.58. The van der Waals surface area contributed by atoms with Crippen molar-refractivity contribution in [3.05, 3.63) is 5.82 Å². The SMILES string of the molecule is CCCC(CCN)CCc1nc(N)n[nH]1. The van der Waals surface area contributed by atoms with Gasteiger partial charge in [0.25, 0.3) is 0 Å². The summed E-state index contributed by atoms with van der Waals surface area (Å²) in [5, 5.41) is 6.63. The fourth-order valence-electron chi connectivity index (χ4n) is 1.84. The highest BCUT2D eigenvalue weighted by Crippen LogP contribution is 2.16. The van der Waals surface area contributed by atoms with E-state index in [-0.39, 0.29) is 0 Å². The van der Waals surface area contributed by atoms with Gasteiger partial charge in [0.15, 0.2) is 0 Å². The molecular weight excluding hydrogens is 190 g/mol. The molecule has 1 atom stereocenters. The number of rotatable bonds is 7. The lowest BCUT2D eigenvalue weighted by atomic mass is 9.94. The third-order valence-corrected chi connectivity index (χ3v) is 2.61. The number of hydrogen-bond donors (Lipinski definition) is 3. The van der Waals surface area contributed by atoms with Crippen LogP contribution in [0, 0.1) is 5.92 Å². The molecule has 1 aromatic rings. The van der Waals surface area contributed by atoms with Gasteiger partial charge in [-0.1, -0.05) is 19.8 Å². The van der Waals surface area contributed by atoms with Gasteiger partial charge in [-0.2, -0.15) is 4.98 Å². The van der Waals surface area contributed by atoms with Gasteiger partial charge in [-0.15, -0.1) is 5.10 Å². The normalized spacial score (nSPS) is 12.9. The highest BCUT2D eigenvalue weighted by atomic mass is 15.3. The Balaban J connectivity index is 2.32.